The average molecular weight is 322 g/mol. The highest BCUT2D eigenvalue weighted by Crippen LogP contribution is 2.44. The highest BCUT2D eigenvalue weighted by molar-refractivity contribution is 6.30. The summed E-state index contributed by atoms with van der Waals surface area (Å²) >= 11 is 6.14. The van der Waals surface area contributed by atoms with Crippen molar-refractivity contribution in [1.29, 1.82) is 0 Å². The fourth-order valence-electron chi connectivity index (χ4n) is 4.14. The summed E-state index contributed by atoms with van der Waals surface area (Å²) < 4.78 is 0. The number of fused-ring (bicyclic) bond motifs is 1. The molecule has 1 N–H and O–H groups in total. The molecule has 2 heterocycles. The van der Waals surface area contributed by atoms with E-state index in [2.05, 4.69) is 43.9 Å². The summed E-state index contributed by atoms with van der Waals surface area (Å²) in [4.78, 5) is 2.59. The van der Waals surface area contributed by atoms with Crippen LogP contribution in [0.5, 0.6) is 0 Å². The van der Waals surface area contributed by atoms with E-state index in [0.29, 0.717) is 12.0 Å². The minimum Gasteiger partial charge on any atom is -0.389 e. The molecule has 0 unspecified atom stereocenters. The Bertz CT molecular complexity index is 538. The third kappa shape index (κ3) is 3.06. The van der Waals surface area contributed by atoms with Crippen LogP contribution in [0, 0.1) is 5.41 Å². The maximum Gasteiger partial charge on any atom is 0.0722 e. The van der Waals surface area contributed by atoms with Gasteiger partial charge in [0.2, 0.25) is 0 Å². The van der Waals surface area contributed by atoms with E-state index in [9.17, 15) is 5.11 Å². The average Bonchev–Trinajstić information content (AvgIpc) is 2.45. The topological polar surface area (TPSA) is 23.5 Å². The van der Waals surface area contributed by atoms with E-state index >= 15 is 0 Å². The Morgan fingerprint density at radius 1 is 1.27 bits per heavy atom. The van der Waals surface area contributed by atoms with Gasteiger partial charge in [-0.2, -0.15) is 0 Å². The first-order valence-electron chi connectivity index (χ1n) is 8.50. The monoisotopic (exact) mass is 321 g/mol. The second-order valence-corrected chi connectivity index (χ2v) is 8.65. The van der Waals surface area contributed by atoms with Crippen molar-refractivity contribution < 1.29 is 5.11 Å². The summed E-state index contributed by atoms with van der Waals surface area (Å²) in [5.41, 5.74) is 0.808. The Morgan fingerprint density at radius 2 is 2.05 bits per heavy atom. The highest BCUT2D eigenvalue weighted by atomic mass is 35.5. The Hall–Kier alpha value is -0.570. The molecule has 2 saturated heterocycles. The third-order valence-corrected chi connectivity index (χ3v) is 6.16. The van der Waals surface area contributed by atoms with Crippen molar-refractivity contribution in [2.45, 2.75) is 64.0 Å². The molecule has 2 fully saturated rings. The molecule has 0 spiro atoms. The van der Waals surface area contributed by atoms with Gasteiger partial charge >= 0.3 is 0 Å². The number of rotatable bonds is 1. The van der Waals surface area contributed by atoms with Crippen molar-refractivity contribution in [3.63, 3.8) is 0 Å². The summed E-state index contributed by atoms with van der Waals surface area (Å²) in [6.45, 7) is 8.61. The van der Waals surface area contributed by atoms with Gasteiger partial charge in [0.05, 0.1) is 5.60 Å². The van der Waals surface area contributed by atoms with E-state index in [1.54, 1.807) is 0 Å². The molecule has 0 bridgehead atoms. The van der Waals surface area contributed by atoms with Gasteiger partial charge in [0.1, 0.15) is 0 Å². The fraction of sp³-hybridized carbons (Fsp3) is 0.684. The summed E-state index contributed by atoms with van der Waals surface area (Å²) in [5, 5.41) is 11.9. The SMILES string of the molecule is CC(C)(C)[C@]1(O)CCN2C[C@@H](c3cccc(Cl)c3)CC[C@@H]2C1. The molecule has 3 heteroatoms. The van der Waals surface area contributed by atoms with Gasteiger partial charge in [-0.05, 0) is 54.7 Å². The van der Waals surface area contributed by atoms with Gasteiger partial charge in [-0.15, -0.1) is 0 Å². The van der Waals surface area contributed by atoms with Crippen molar-refractivity contribution in [2.75, 3.05) is 13.1 Å². The zero-order valence-corrected chi connectivity index (χ0v) is 14.7. The molecule has 0 saturated carbocycles. The lowest BCUT2D eigenvalue weighted by atomic mass is 9.67. The van der Waals surface area contributed by atoms with E-state index in [0.717, 1.165) is 31.0 Å². The molecule has 2 aliphatic rings. The molecular formula is C19H28ClNO. The zero-order valence-electron chi connectivity index (χ0n) is 14.0. The lowest BCUT2D eigenvalue weighted by Gasteiger charge is -2.52. The van der Waals surface area contributed by atoms with E-state index in [1.165, 1.54) is 18.4 Å². The van der Waals surface area contributed by atoms with Crippen molar-refractivity contribution in [1.82, 2.24) is 4.90 Å². The molecule has 2 nitrogen and oxygen atoms in total. The summed E-state index contributed by atoms with van der Waals surface area (Å²) in [6, 6.07) is 8.85. The quantitative estimate of drug-likeness (QED) is 0.825. The molecule has 1 aromatic rings. The maximum atomic E-state index is 11.0. The van der Waals surface area contributed by atoms with E-state index < -0.39 is 5.60 Å². The van der Waals surface area contributed by atoms with Gasteiger partial charge in [-0.1, -0.05) is 44.5 Å². The summed E-state index contributed by atoms with van der Waals surface area (Å²) in [5.74, 6) is 0.579. The normalized spacial score (nSPS) is 33.5. The minimum absolute atomic E-state index is 0.0388. The van der Waals surface area contributed by atoms with Gasteiger partial charge in [0.25, 0.3) is 0 Å². The second kappa shape index (κ2) is 5.81. The Balaban J connectivity index is 1.70. The smallest absolute Gasteiger partial charge is 0.0722 e. The third-order valence-electron chi connectivity index (χ3n) is 5.92. The van der Waals surface area contributed by atoms with Crippen LogP contribution in [0.3, 0.4) is 0 Å². The van der Waals surface area contributed by atoms with Gasteiger partial charge < -0.3 is 5.11 Å². The van der Waals surface area contributed by atoms with Crippen LogP contribution in [0.2, 0.25) is 5.02 Å². The number of hydrogen-bond donors (Lipinski definition) is 1. The number of piperidine rings is 2. The zero-order chi connectivity index (χ0) is 16.0. The van der Waals surface area contributed by atoms with Crippen LogP contribution in [0.25, 0.3) is 0 Å². The Morgan fingerprint density at radius 3 is 2.73 bits per heavy atom. The van der Waals surface area contributed by atoms with Gasteiger partial charge in [0.15, 0.2) is 0 Å². The molecule has 1 aromatic carbocycles. The first kappa shape index (κ1) is 16.3. The molecule has 22 heavy (non-hydrogen) atoms. The number of hydrogen-bond acceptors (Lipinski definition) is 2. The lowest BCUT2D eigenvalue weighted by Crippen LogP contribution is -2.57. The Kier molecular flexibility index (Phi) is 4.30. The van der Waals surface area contributed by atoms with Gasteiger partial charge in [-0.25, -0.2) is 0 Å². The van der Waals surface area contributed by atoms with E-state index in [4.69, 9.17) is 11.6 Å². The predicted octanol–water partition coefficient (Wildman–Crippen LogP) is 4.46. The fourth-order valence-corrected chi connectivity index (χ4v) is 4.34. The number of aliphatic hydroxyl groups is 1. The van der Waals surface area contributed by atoms with Crippen molar-refractivity contribution in [3.05, 3.63) is 34.9 Å². The molecule has 0 aliphatic carbocycles. The maximum absolute atomic E-state index is 11.0. The summed E-state index contributed by atoms with van der Waals surface area (Å²) in [7, 11) is 0. The van der Waals surface area contributed by atoms with Gasteiger partial charge in [0, 0.05) is 24.2 Å². The molecule has 0 amide bonds. The molecule has 0 aromatic heterocycles. The largest absolute Gasteiger partial charge is 0.389 e. The van der Waals surface area contributed by atoms with Crippen LogP contribution >= 0.6 is 11.6 Å². The first-order valence-corrected chi connectivity index (χ1v) is 8.88. The van der Waals surface area contributed by atoms with E-state index in [-0.39, 0.29) is 5.41 Å². The van der Waals surface area contributed by atoms with E-state index in [1.807, 2.05) is 6.07 Å². The first-order chi connectivity index (χ1) is 10.3. The standard InChI is InChI=1S/C19H28ClNO/c1-18(2,3)19(22)9-10-21-13-15(7-8-17(21)12-19)14-5-4-6-16(20)11-14/h4-6,11,15,17,22H,7-10,12-13H2,1-3H3/t15-,17+,19-/m0/s1. The predicted molar refractivity (Wildman–Crippen MR) is 92.4 cm³/mol. The van der Waals surface area contributed by atoms with Crippen LogP contribution in [0.4, 0.5) is 0 Å². The van der Waals surface area contributed by atoms with Crippen LogP contribution in [0.15, 0.2) is 24.3 Å². The molecule has 0 radical (unpaired) electrons. The molecule has 2 aliphatic heterocycles. The molecule has 3 atom stereocenters. The van der Waals surface area contributed by atoms with Crippen LogP contribution in [0.1, 0.15) is 57.9 Å². The van der Waals surface area contributed by atoms with Crippen molar-refractivity contribution in [3.8, 4) is 0 Å². The van der Waals surface area contributed by atoms with Crippen LogP contribution < -0.4 is 0 Å². The van der Waals surface area contributed by atoms with Crippen LogP contribution in [-0.2, 0) is 0 Å². The van der Waals surface area contributed by atoms with Crippen LogP contribution in [-0.4, -0.2) is 34.7 Å². The lowest BCUT2D eigenvalue weighted by molar-refractivity contribution is -0.122. The second-order valence-electron chi connectivity index (χ2n) is 8.21. The number of benzene rings is 1. The molecular weight excluding hydrogens is 294 g/mol. The van der Waals surface area contributed by atoms with Gasteiger partial charge in [-0.3, -0.25) is 4.90 Å². The van der Waals surface area contributed by atoms with Crippen molar-refractivity contribution >= 4 is 11.6 Å². The van der Waals surface area contributed by atoms with Crippen molar-refractivity contribution in [2.24, 2.45) is 5.41 Å². The molecule has 122 valence electrons. The minimum atomic E-state index is -0.517. The number of nitrogens with zero attached hydrogens (tertiary/aromatic N) is 1. The Labute approximate surface area is 139 Å². The summed E-state index contributed by atoms with van der Waals surface area (Å²) in [6.07, 6.45) is 4.17. The number of halogens is 1. The highest BCUT2D eigenvalue weighted by Gasteiger charge is 2.47. The molecule has 3 rings (SSSR count).